The molecule has 0 aliphatic carbocycles. The van der Waals surface area contributed by atoms with E-state index in [1.807, 2.05) is 0 Å². The molecule has 1 heterocycles. The lowest BCUT2D eigenvalue weighted by molar-refractivity contribution is -0.141. The molecule has 0 unspecified atom stereocenters. The van der Waals surface area contributed by atoms with Crippen molar-refractivity contribution in [1.82, 2.24) is 0 Å². The Labute approximate surface area is 91.0 Å². The summed E-state index contributed by atoms with van der Waals surface area (Å²) in [7, 11) is 0. The molecule has 5 heteroatoms. The van der Waals surface area contributed by atoms with Crippen LogP contribution < -0.4 is 0 Å². The number of thiophene rings is 1. The quantitative estimate of drug-likeness (QED) is 0.368. The summed E-state index contributed by atoms with van der Waals surface area (Å²) in [5.41, 5.74) is -0.0524. The zero-order valence-corrected chi connectivity index (χ0v) is 8.87. The lowest BCUT2D eigenvalue weighted by Gasteiger charge is -2.01. The summed E-state index contributed by atoms with van der Waals surface area (Å²) in [5.74, 6) is -1.51. The predicted octanol–water partition coefficient (Wildman–Crippen LogP) is 2.10. The van der Waals surface area contributed by atoms with Crippen molar-refractivity contribution in [3.05, 3.63) is 28.1 Å². The summed E-state index contributed by atoms with van der Waals surface area (Å²) in [4.78, 5) is 11.7. The molecule has 0 bridgehead atoms. The lowest BCUT2D eigenvalue weighted by atomic mass is 10.2. The van der Waals surface area contributed by atoms with Gasteiger partial charge < -0.3 is 9.84 Å². The Kier molecular flexibility index (Phi) is 3.89. The zero-order chi connectivity index (χ0) is 11.3. The van der Waals surface area contributed by atoms with Gasteiger partial charge in [0.1, 0.15) is 11.6 Å². The summed E-state index contributed by atoms with van der Waals surface area (Å²) in [5, 5.41) is 20.0. The minimum absolute atomic E-state index is 0.0524. The number of aliphatic hydroxyl groups excluding tert-OH is 1. The van der Waals surface area contributed by atoms with E-state index in [-0.39, 0.29) is 12.2 Å². The molecule has 0 saturated carbocycles. The van der Waals surface area contributed by atoms with Crippen LogP contribution in [-0.2, 0) is 9.53 Å². The molecule has 1 rings (SSSR count). The van der Waals surface area contributed by atoms with Gasteiger partial charge in [0.05, 0.1) is 6.61 Å². The van der Waals surface area contributed by atoms with E-state index in [1.165, 1.54) is 11.3 Å². The fraction of sp³-hybridized carbons (Fsp3) is 0.200. The highest BCUT2D eigenvalue weighted by atomic mass is 32.1. The SMILES string of the molecule is CCOC(=O)C(O)=C(C#N)c1cccs1. The second-order valence-electron chi connectivity index (χ2n) is 2.53. The van der Waals surface area contributed by atoms with Crippen molar-refractivity contribution in [1.29, 1.82) is 5.26 Å². The van der Waals surface area contributed by atoms with Gasteiger partial charge in [-0.1, -0.05) is 6.07 Å². The van der Waals surface area contributed by atoms with E-state index in [0.717, 1.165) is 0 Å². The highest BCUT2D eigenvalue weighted by Gasteiger charge is 2.17. The summed E-state index contributed by atoms with van der Waals surface area (Å²) in [6.07, 6.45) is 0. The van der Waals surface area contributed by atoms with Gasteiger partial charge in [-0.2, -0.15) is 5.26 Å². The van der Waals surface area contributed by atoms with Gasteiger partial charge in [-0.3, -0.25) is 0 Å². The third-order valence-corrected chi connectivity index (χ3v) is 2.47. The Bertz CT molecular complexity index is 414. The molecule has 0 fully saturated rings. The van der Waals surface area contributed by atoms with Gasteiger partial charge >= 0.3 is 5.97 Å². The average molecular weight is 223 g/mol. The number of nitrogens with zero attached hydrogens (tertiary/aromatic N) is 1. The lowest BCUT2D eigenvalue weighted by Crippen LogP contribution is -2.08. The number of nitriles is 1. The first-order chi connectivity index (χ1) is 7.20. The average Bonchev–Trinajstić information content (AvgIpc) is 2.72. The molecular formula is C10H9NO3S. The number of aliphatic hydroxyl groups is 1. The van der Waals surface area contributed by atoms with Crippen LogP contribution in [0.1, 0.15) is 11.8 Å². The van der Waals surface area contributed by atoms with Crippen LogP contribution in [0.15, 0.2) is 23.3 Å². The molecule has 1 N–H and O–H groups in total. The van der Waals surface area contributed by atoms with Crippen LogP contribution >= 0.6 is 11.3 Å². The number of ether oxygens (including phenoxy) is 1. The molecule has 0 atom stereocenters. The van der Waals surface area contributed by atoms with E-state index in [9.17, 15) is 9.90 Å². The zero-order valence-electron chi connectivity index (χ0n) is 8.06. The largest absolute Gasteiger partial charge is 0.501 e. The number of esters is 1. The molecule has 15 heavy (non-hydrogen) atoms. The van der Waals surface area contributed by atoms with Gasteiger partial charge in [0.15, 0.2) is 0 Å². The fourth-order valence-corrected chi connectivity index (χ4v) is 1.67. The second-order valence-corrected chi connectivity index (χ2v) is 3.48. The van der Waals surface area contributed by atoms with Crippen molar-refractivity contribution in [3.8, 4) is 6.07 Å². The minimum Gasteiger partial charge on any atom is -0.501 e. The molecule has 0 aromatic carbocycles. The van der Waals surface area contributed by atoms with Crippen LogP contribution in [0.25, 0.3) is 5.57 Å². The molecular weight excluding hydrogens is 214 g/mol. The maximum absolute atomic E-state index is 11.2. The van der Waals surface area contributed by atoms with E-state index in [4.69, 9.17) is 5.26 Å². The van der Waals surface area contributed by atoms with Crippen LogP contribution in [0.4, 0.5) is 0 Å². The van der Waals surface area contributed by atoms with E-state index >= 15 is 0 Å². The molecule has 0 aliphatic rings. The number of carbonyl (C=O) groups is 1. The van der Waals surface area contributed by atoms with Gasteiger partial charge in [0.2, 0.25) is 5.76 Å². The maximum atomic E-state index is 11.2. The van der Waals surface area contributed by atoms with Crippen molar-refractivity contribution < 1.29 is 14.6 Å². The molecule has 1 aromatic heterocycles. The number of rotatable bonds is 3. The van der Waals surface area contributed by atoms with Crippen LogP contribution in [0.3, 0.4) is 0 Å². The van der Waals surface area contributed by atoms with Crippen LogP contribution in [0.2, 0.25) is 0 Å². The normalized spacial score (nSPS) is 11.5. The first-order valence-corrected chi connectivity index (χ1v) is 5.13. The first-order valence-electron chi connectivity index (χ1n) is 4.25. The smallest absolute Gasteiger partial charge is 0.374 e. The van der Waals surface area contributed by atoms with Crippen molar-refractivity contribution in [3.63, 3.8) is 0 Å². The minimum atomic E-state index is -0.873. The van der Waals surface area contributed by atoms with Gasteiger partial charge in [-0.15, -0.1) is 11.3 Å². The van der Waals surface area contributed by atoms with Crippen LogP contribution in [0.5, 0.6) is 0 Å². The fourth-order valence-electron chi connectivity index (χ4n) is 0.947. The Hall–Kier alpha value is -1.80. The molecule has 1 aromatic rings. The molecule has 0 radical (unpaired) electrons. The van der Waals surface area contributed by atoms with Gasteiger partial charge in [0, 0.05) is 4.88 Å². The third kappa shape index (κ3) is 2.58. The molecule has 0 spiro atoms. The molecule has 78 valence electrons. The second kappa shape index (κ2) is 5.17. The molecule has 0 saturated heterocycles. The monoisotopic (exact) mass is 223 g/mol. The third-order valence-electron chi connectivity index (χ3n) is 1.58. The number of allylic oxidation sites excluding steroid dienone is 1. The first kappa shape index (κ1) is 11.3. The van der Waals surface area contributed by atoms with Gasteiger partial charge in [-0.05, 0) is 18.4 Å². The number of hydrogen-bond donors (Lipinski definition) is 1. The van der Waals surface area contributed by atoms with Gasteiger partial charge in [-0.25, -0.2) is 4.79 Å². The van der Waals surface area contributed by atoms with Crippen LogP contribution in [-0.4, -0.2) is 17.7 Å². The summed E-state index contributed by atoms with van der Waals surface area (Å²) in [6.45, 7) is 1.79. The van der Waals surface area contributed by atoms with E-state index in [2.05, 4.69) is 4.74 Å². The number of carbonyl (C=O) groups excluding carboxylic acids is 1. The van der Waals surface area contributed by atoms with Gasteiger partial charge in [0.25, 0.3) is 0 Å². The highest BCUT2D eigenvalue weighted by Crippen LogP contribution is 2.22. The predicted molar refractivity (Wildman–Crippen MR) is 56.1 cm³/mol. The Morgan fingerprint density at radius 3 is 2.93 bits per heavy atom. The molecule has 0 amide bonds. The highest BCUT2D eigenvalue weighted by molar-refractivity contribution is 7.11. The Balaban J connectivity index is 3.05. The van der Waals surface area contributed by atoms with Crippen molar-refractivity contribution in [2.45, 2.75) is 6.92 Å². The van der Waals surface area contributed by atoms with E-state index < -0.39 is 11.7 Å². The van der Waals surface area contributed by atoms with E-state index in [0.29, 0.717) is 4.88 Å². The standard InChI is InChI=1S/C10H9NO3S/c1-2-14-10(13)9(12)7(6-11)8-4-3-5-15-8/h3-5,12H,2H2,1H3. The molecule has 4 nitrogen and oxygen atoms in total. The topological polar surface area (TPSA) is 70.3 Å². The van der Waals surface area contributed by atoms with E-state index in [1.54, 1.807) is 30.5 Å². The summed E-state index contributed by atoms with van der Waals surface area (Å²) < 4.78 is 4.59. The van der Waals surface area contributed by atoms with Crippen molar-refractivity contribution in [2.75, 3.05) is 6.61 Å². The number of hydrogen-bond acceptors (Lipinski definition) is 5. The maximum Gasteiger partial charge on any atom is 0.374 e. The summed E-state index contributed by atoms with van der Waals surface area (Å²) >= 11 is 1.27. The summed E-state index contributed by atoms with van der Waals surface area (Å²) in [6, 6.07) is 5.17. The Morgan fingerprint density at radius 2 is 2.47 bits per heavy atom. The van der Waals surface area contributed by atoms with Crippen LogP contribution in [0, 0.1) is 11.3 Å². The molecule has 0 aliphatic heterocycles. The van der Waals surface area contributed by atoms with Crippen molar-refractivity contribution >= 4 is 22.9 Å². The van der Waals surface area contributed by atoms with Crippen molar-refractivity contribution in [2.24, 2.45) is 0 Å². The Morgan fingerprint density at radius 1 is 1.73 bits per heavy atom.